The smallest absolute Gasteiger partial charge is 0.136 e. The van der Waals surface area contributed by atoms with Crippen molar-refractivity contribution in [3.05, 3.63) is 35.8 Å². The third kappa shape index (κ3) is 7.00. The van der Waals surface area contributed by atoms with Gasteiger partial charge in [-0.25, -0.2) is 4.98 Å². The molecule has 3 aromatic rings. The van der Waals surface area contributed by atoms with Crippen molar-refractivity contribution >= 4 is 27.8 Å². The summed E-state index contributed by atoms with van der Waals surface area (Å²) in [6.07, 6.45) is 2.21. The van der Waals surface area contributed by atoms with E-state index in [1.54, 1.807) is 0 Å². The first-order valence-corrected chi connectivity index (χ1v) is 12.5. The number of fused-ring (bicyclic) bond motifs is 3. The van der Waals surface area contributed by atoms with Gasteiger partial charge in [0.1, 0.15) is 12.4 Å². The Kier molecular flexibility index (Phi) is 10.1. The molecule has 0 bridgehead atoms. The summed E-state index contributed by atoms with van der Waals surface area (Å²) in [5.74, 6) is 1.02. The number of imidazole rings is 1. The van der Waals surface area contributed by atoms with Crippen molar-refractivity contribution in [3.63, 3.8) is 0 Å². The Hall–Kier alpha value is -1.60. The van der Waals surface area contributed by atoms with Crippen molar-refractivity contribution in [2.24, 2.45) is 0 Å². The molecule has 1 N–H and O–H groups in total. The number of para-hydroxylation sites is 1. The Morgan fingerprint density at radius 3 is 2.54 bits per heavy atom. The molecule has 8 nitrogen and oxygen atoms in total. The van der Waals surface area contributed by atoms with Crippen LogP contribution in [0, 0.1) is 0 Å². The van der Waals surface area contributed by atoms with Crippen molar-refractivity contribution in [1.29, 1.82) is 0 Å². The van der Waals surface area contributed by atoms with Crippen molar-refractivity contribution in [2.45, 2.75) is 52.4 Å². The number of unbranched alkanes of at least 4 members (excludes halogenated alkanes) is 1. The van der Waals surface area contributed by atoms with E-state index < -0.39 is 0 Å². The maximum absolute atomic E-state index is 8.45. The van der Waals surface area contributed by atoms with Gasteiger partial charge < -0.3 is 34.6 Å². The van der Waals surface area contributed by atoms with Gasteiger partial charge in [0.25, 0.3) is 0 Å². The van der Waals surface area contributed by atoms with E-state index in [2.05, 4.69) is 46.3 Å². The molecule has 0 unspecified atom stereocenters. The van der Waals surface area contributed by atoms with Crippen LogP contribution in [0.15, 0.2) is 24.3 Å². The van der Waals surface area contributed by atoms with Gasteiger partial charge in [0, 0.05) is 65.2 Å². The Balaban J connectivity index is 0.00000342. The van der Waals surface area contributed by atoms with Gasteiger partial charge in [-0.15, -0.1) is 0 Å². The summed E-state index contributed by atoms with van der Waals surface area (Å²) in [5.41, 5.74) is 10.4. The van der Waals surface area contributed by atoms with Crippen molar-refractivity contribution in [1.82, 2.24) is 24.3 Å². The number of ether oxygens (including phenoxy) is 2. The summed E-state index contributed by atoms with van der Waals surface area (Å²) in [6.45, 7) is 14.4. The fraction of sp³-hybridized carbons (Fsp3) is 0.615. The van der Waals surface area contributed by atoms with Gasteiger partial charge in [0.15, 0.2) is 0 Å². The largest absolute Gasteiger partial charge is 0.480 e. The molecule has 1 fully saturated rings. The molecule has 0 spiro atoms. The van der Waals surface area contributed by atoms with E-state index in [9.17, 15) is 0 Å². The zero-order valence-electron chi connectivity index (χ0n) is 21.5. The van der Waals surface area contributed by atoms with Crippen LogP contribution >= 0.6 is 0 Å². The van der Waals surface area contributed by atoms with Crippen LogP contribution in [0.4, 0.5) is 5.82 Å². The van der Waals surface area contributed by atoms with Gasteiger partial charge in [-0.1, -0.05) is 24.3 Å². The minimum absolute atomic E-state index is 0. The number of hydrogen-bond donors (Lipinski definition) is 0. The number of hydrogen-bond acceptors (Lipinski definition) is 6. The Morgan fingerprint density at radius 2 is 1.80 bits per heavy atom. The first kappa shape index (κ1) is 28.0. The van der Waals surface area contributed by atoms with Crippen LogP contribution in [-0.2, 0) is 43.0 Å². The van der Waals surface area contributed by atoms with Crippen LogP contribution in [0.5, 0.6) is 0 Å². The number of nitrogens with one attached hydrogen (secondary N) is 1. The average Bonchev–Trinajstić information content (AvgIpc) is 3.17. The van der Waals surface area contributed by atoms with Gasteiger partial charge >= 0.3 is 0 Å². The predicted octanol–water partition coefficient (Wildman–Crippen LogP) is 4.63. The number of likely N-dealkylation sites (N-methyl/N-ethyl adjacent to an activating group) is 1. The van der Waals surface area contributed by atoms with Gasteiger partial charge in [-0.3, -0.25) is 0 Å². The molecule has 0 amide bonds. The van der Waals surface area contributed by atoms with E-state index in [0.717, 1.165) is 61.3 Å². The Morgan fingerprint density at radius 1 is 1.06 bits per heavy atom. The first-order chi connectivity index (χ1) is 16.4. The van der Waals surface area contributed by atoms with Gasteiger partial charge in [0.05, 0.1) is 23.2 Å². The quantitative estimate of drug-likeness (QED) is 0.246. The summed E-state index contributed by atoms with van der Waals surface area (Å²) in [4.78, 5) is 14.2. The van der Waals surface area contributed by atoms with Crippen LogP contribution in [0.1, 0.15) is 39.4 Å². The number of pyridine rings is 1. The van der Waals surface area contributed by atoms with E-state index in [4.69, 9.17) is 20.2 Å². The van der Waals surface area contributed by atoms with Gasteiger partial charge in [-0.2, -0.15) is 0 Å². The molecule has 0 radical (unpaired) electrons. The molecule has 2 aromatic heterocycles. The third-order valence-corrected chi connectivity index (χ3v) is 6.59. The Labute approximate surface area is 222 Å². The second-order valence-corrected chi connectivity index (χ2v) is 9.89. The topological polar surface area (TPSA) is 79.4 Å². The average molecular weight is 574 g/mol. The number of nitrogens with zero attached hydrogens (tertiary/aromatic N) is 5. The van der Waals surface area contributed by atoms with Gasteiger partial charge in [-0.05, 0) is 58.5 Å². The number of benzene rings is 1. The van der Waals surface area contributed by atoms with Crippen molar-refractivity contribution < 1.29 is 29.9 Å². The standard InChI is InChI=1S/C26H39N6O2.Pd/c1-5-33-18-22-29-23-24(20-10-6-7-11-21(20)28-25(23)27)32(22)19-26(2,3)34-17-9-8-12-31-15-13-30(4)14-16-31;/h6-7,10-11H,5,8-9,12-19H2,1-4H3,(H-,27,28);/q-1;. The van der Waals surface area contributed by atoms with Crippen LogP contribution in [0.2, 0.25) is 0 Å². The fourth-order valence-corrected chi connectivity index (χ4v) is 4.64. The molecule has 1 aliphatic heterocycles. The van der Waals surface area contributed by atoms with E-state index in [1.165, 1.54) is 13.1 Å². The minimum atomic E-state index is -0.380. The normalized spacial score (nSPS) is 15.7. The molecule has 196 valence electrons. The third-order valence-electron chi connectivity index (χ3n) is 6.59. The maximum atomic E-state index is 8.45. The number of piperazine rings is 1. The molecule has 35 heavy (non-hydrogen) atoms. The molecule has 1 aliphatic rings. The number of aromatic nitrogens is 3. The molecule has 0 aliphatic carbocycles. The predicted molar refractivity (Wildman–Crippen MR) is 138 cm³/mol. The number of rotatable bonds is 11. The zero-order valence-corrected chi connectivity index (χ0v) is 23.0. The second-order valence-electron chi connectivity index (χ2n) is 9.89. The fourth-order valence-electron chi connectivity index (χ4n) is 4.64. The molecular weight excluding hydrogens is 535 g/mol. The summed E-state index contributed by atoms with van der Waals surface area (Å²) in [5, 5.41) is 1.01. The van der Waals surface area contributed by atoms with Crippen molar-refractivity contribution in [3.8, 4) is 0 Å². The maximum Gasteiger partial charge on any atom is 0.136 e. The minimum Gasteiger partial charge on any atom is -0.480 e. The zero-order chi connectivity index (χ0) is 24.1. The molecule has 0 atom stereocenters. The molecule has 3 heterocycles. The van der Waals surface area contributed by atoms with E-state index in [-0.39, 0.29) is 31.8 Å². The van der Waals surface area contributed by atoms with E-state index >= 15 is 0 Å². The Bertz CT molecular complexity index is 1090. The van der Waals surface area contributed by atoms with Crippen LogP contribution in [0.3, 0.4) is 0 Å². The summed E-state index contributed by atoms with van der Waals surface area (Å²) in [6, 6.07) is 7.97. The second kappa shape index (κ2) is 12.6. The monoisotopic (exact) mass is 573 g/mol. The first-order valence-electron chi connectivity index (χ1n) is 12.5. The molecule has 9 heteroatoms. The van der Waals surface area contributed by atoms with E-state index in [1.807, 2.05) is 25.1 Å². The summed E-state index contributed by atoms with van der Waals surface area (Å²) >= 11 is 0. The van der Waals surface area contributed by atoms with Gasteiger partial charge in [0.2, 0.25) is 0 Å². The van der Waals surface area contributed by atoms with Crippen LogP contribution in [-0.4, -0.2) is 82.9 Å². The van der Waals surface area contributed by atoms with Crippen molar-refractivity contribution in [2.75, 3.05) is 53.0 Å². The molecule has 1 saturated heterocycles. The summed E-state index contributed by atoms with van der Waals surface area (Å²) < 4.78 is 14.3. The molecule has 4 rings (SSSR count). The van der Waals surface area contributed by atoms with Crippen LogP contribution < -0.4 is 0 Å². The molecular formula is C26H39N6O2Pd-. The molecule has 0 saturated carbocycles. The molecule has 1 aromatic carbocycles. The SMILES string of the molecule is CCOCc1nc2c([NH-])nc3ccccc3c2n1CC(C)(C)OCCCCN1CCN(C)CC1.[Pd]. The summed E-state index contributed by atoms with van der Waals surface area (Å²) in [7, 11) is 2.20. The van der Waals surface area contributed by atoms with Crippen LogP contribution in [0.25, 0.3) is 27.7 Å². The van der Waals surface area contributed by atoms with E-state index in [0.29, 0.717) is 25.3 Å².